The number of likely N-dealkylation sites (N-methyl/N-ethyl adjacent to an activating group) is 1. The predicted octanol–water partition coefficient (Wildman–Crippen LogP) is 1.02. The van der Waals surface area contributed by atoms with E-state index < -0.39 is 0 Å². The van der Waals surface area contributed by atoms with Gasteiger partial charge in [-0.25, -0.2) is 0 Å². The van der Waals surface area contributed by atoms with Gasteiger partial charge in [0.05, 0.1) is 18.5 Å². The molecule has 1 aliphatic heterocycles. The minimum atomic E-state index is -0.100. The lowest BCUT2D eigenvalue weighted by Crippen LogP contribution is -2.51. The summed E-state index contributed by atoms with van der Waals surface area (Å²) in [5.41, 5.74) is 0. The first-order valence-electron chi connectivity index (χ1n) is 7.61. The summed E-state index contributed by atoms with van der Waals surface area (Å²) in [4.78, 5) is 18.7. The van der Waals surface area contributed by atoms with Gasteiger partial charge in [0.25, 0.3) is 0 Å². The zero-order chi connectivity index (χ0) is 15.1. The molecule has 1 unspecified atom stereocenters. The van der Waals surface area contributed by atoms with Crippen molar-refractivity contribution in [1.82, 2.24) is 14.7 Å². The van der Waals surface area contributed by atoms with Gasteiger partial charge in [0.15, 0.2) is 0 Å². The molecule has 1 rings (SSSR count). The van der Waals surface area contributed by atoms with Crippen LogP contribution in [0.15, 0.2) is 0 Å². The summed E-state index contributed by atoms with van der Waals surface area (Å²) in [7, 11) is 0. The second-order valence-corrected chi connectivity index (χ2v) is 5.87. The molecule has 0 spiro atoms. The van der Waals surface area contributed by atoms with Gasteiger partial charge in [0.2, 0.25) is 5.91 Å². The van der Waals surface area contributed by atoms with Crippen LogP contribution >= 0.6 is 0 Å². The lowest BCUT2D eigenvalue weighted by atomic mass is 10.2. The van der Waals surface area contributed by atoms with E-state index >= 15 is 0 Å². The summed E-state index contributed by atoms with van der Waals surface area (Å²) in [6, 6.07) is 2.77. The smallest absolute Gasteiger partial charge is 0.236 e. The SMILES string of the molecule is CCN(CC(C)C#N)C(=O)CN1CCN(C(C)C)CC1. The molecule has 0 aromatic rings. The molecule has 0 aliphatic carbocycles. The van der Waals surface area contributed by atoms with Gasteiger partial charge in [-0.3, -0.25) is 14.6 Å². The molecule has 0 saturated carbocycles. The fourth-order valence-corrected chi connectivity index (χ4v) is 2.51. The Kier molecular flexibility index (Phi) is 6.97. The molecule has 1 aliphatic rings. The Morgan fingerprint density at radius 1 is 1.25 bits per heavy atom. The van der Waals surface area contributed by atoms with Crippen molar-refractivity contribution >= 4 is 5.91 Å². The molecule has 0 aromatic heterocycles. The standard InChI is InChI=1S/C15H28N4O/c1-5-18(11-14(4)10-16)15(20)12-17-6-8-19(9-7-17)13(2)3/h13-14H,5-9,11-12H2,1-4H3. The highest BCUT2D eigenvalue weighted by Gasteiger charge is 2.22. The van der Waals surface area contributed by atoms with Gasteiger partial charge in [0, 0.05) is 45.3 Å². The zero-order valence-electron chi connectivity index (χ0n) is 13.3. The first-order chi connectivity index (χ1) is 9.47. The fourth-order valence-electron chi connectivity index (χ4n) is 2.51. The maximum Gasteiger partial charge on any atom is 0.236 e. The molecular formula is C15H28N4O. The number of hydrogen-bond donors (Lipinski definition) is 0. The number of piperazine rings is 1. The van der Waals surface area contributed by atoms with Crippen molar-refractivity contribution in [3.05, 3.63) is 0 Å². The monoisotopic (exact) mass is 280 g/mol. The van der Waals surface area contributed by atoms with Crippen molar-refractivity contribution in [2.75, 3.05) is 45.8 Å². The molecule has 1 heterocycles. The highest BCUT2D eigenvalue weighted by Crippen LogP contribution is 2.07. The Balaban J connectivity index is 2.40. The molecule has 20 heavy (non-hydrogen) atoms. The number of rotatable bonds is 6. The van der Waals surface area contributed by atoms with Crippen molar-refractivity contribution < 1.29 is 4.79 Å². The van der Waals surface area contributed by atoms with Gasteiger partial charge in [0.1, 0.15) is 0 Å². The molecule has 0 aromatic carbocycles. The maximum atomic E-state index is 12.3. The fraction of sp³-hybridized carbons (Fsp3) is 0.867. The van der Waals surface area contributed by atoms with Crippen LogP contribution in [0.1, 0.15) is 27.7 Å². The summed E-state index contributed by atoms with van der Waals surface area (Å²) in [5, 5.41) is 8.86. The molecule has 0 N–H and O–H groups in total. The average Bonchev–Trinajstić information content (AvgIpc) is 2.44. The van der Waals surface area contributed by atoms with Gasteiger partial charge in [-0.1, -0.05) is 0 Å². The molecule has 0 bridgehead atoms. The van der Waals surface area contributed by atoms with Crippen LogP contribution in [0, 0.1) is 17.2 Å². The second-order valence-electron chi connectivity index (χ2n) is 5.87. The topological polar surface area (TPSA) is 50.6 Å². The van der Waals surface area contributed by atoms with Crippen molar-refractivity contribution in [2.45, 2.75) is 33.7 Å². The summed E-state index contributed by atoms with van der Waals surface area (Å²) in [5.74, 6) is 0.0456. The summed E-state index contributed by atoms with van der Waals surface area (Å²) in [6.45, 7) is 13.9. The van der Waals surface area contributed by atoms with E-state index in [2.05, 4.69) is 29.7 Å². The van der Waals surface area contributed by atoms with Crippen LogP contribution in [0.3, 0.4) is 0 Å². The van der Waals surface area contributed by atoms with E-state index in [1.807, 2.05) is 13.8 Å². The van der Waals surface area contributed by atoms with Gasteiger partial charge < -0.3 is 4.90 Å². The third kappa shape index (κ3) is 5.10. The van der Waals surface area contributed by atoms with Gasteiger partial charge >= 0.3 is 0 Å². The Labute approximate surface area is 123 Å². The third-order valence-electron chi connectivity index (χ3n) is 3.95. The first kappa shape index (κ1) is 16.9. The van der Waals surface area contributed by atoms with Crippen LogP contribution in [0.4, 0.5) is 0 Å². The summed E-state index contributed by atoms with van der Waals surface area (Å²) >= 11 is 0. The number of carbonyl (C=O) groups is 1. The van der Waals surface area contributed by atoms with Gasteiger partial charge in [-0.2, -0.15) is 5.26 Å². The maximum absolute atomic E-state index is 12.3. The van der Waals surface area contributed by atoms with Crippen molar-refractivity contribution in [3.63, 3.8) is 0 Å². The molecule has 1 saturated heterocycles. The number of hydrogen-bond acceptors (Lipinski definition) is 4. The van der Waals surface area contributed by atoms with E-state index in [-0.39, 0.29) is 11.8 Å². The normalized spacial score (nSPS) is 18.8. The zero-order valence-corrected chi connectivity index (χ0v) is 13.3. The van der Waals surface area contributed by atoms with Crippen molar-refractivity contribution in [3.8, 4) is 6.07 Å². The second kappa shape index (κ2) is 8.23. The van der Waals surface area contributed by atoms with Crippen LogP contribution in [0.25, 0.3) is 0 Å². The lowest BCUT2D eigenvalue weighted by Gasteiger charge is -2.37. The molecular weight excluding hydrogens is 252 g/mol. The molecule has 114 valence electrons. The number of amides is 1. The third-order valence-corrected chi connectivity index (χ3v) is 3.95. The molecule has 1 fully saturated rings. The summed E-state index contributed by atoms with van der Waals surface area (Å²) in [6.07, 6.45) is 0. The lowest BCUT2D eigenvalue weighted by molar-refractivity contribution is -0.133. The first-order valence-corrected chi connectivity index (χ1v) is 7.61. The Hall–Kier alpha value is -1.12. The van der Waals surface area contributed by atoms with E-state index in [1.165, 1.54) is 0 Å². The Morgan fingerprint density at radius 3 is 2.30 bits per heavy atom. The van der Waals surface area contributed by atoms with E-state index in [9.17, 15) is 4.79 Å². The van der Waals surface area contributed by atoms with Crippen LogP contribution in [0.2, 0.25) is 0 Å². The molecule has 0 radical (unpaired) electrons. The molecule has 1 amide bonds. The van der Waals surface area contributed by atoms with Crippen molar-refractivity contribution in [2.24, 2.45) is 5.92 Å². The van der Waals surface area contributed by atoms with Crippen LogP contribution in [0.5, 0.6) is 0 Å². The summed E-state index contributed by atoms with van der Waals surface area (Å²) < 4.78 is 0. The van der Waals surface area contributed by atoms with Gasteiger partial charge in [-0.05, 0) is 27.7 Å². The molecule has 5 nitrogen and oxygen atoms in total. The highest BCUT2D eigenvalue weighted by atomic mass is 16.2. The van der Waals surface area contributed by atoms with Crippen LogP contribution < -0.4 is 0 Å². The van der Waals surface area contributed by atoms with Crippen LogP contribution in [-0.4, -0.2) is 72.5 Å². The molecule has 5 heteroatoms. The van der Waals surface area contributed by atoms with E-state index in [1.54, 1.807) is 4.90 Å². The number of nitrogens with zero attached hydrogens (tertiary/aromatic N) is 4. The van der Waals surface area contributed by atoms with Crippen LogP contribution in [-0.2, 0) is 4.79 Å². The highest BCUT2D eigenvalue weighted by molar-refractivity contribution is 5.78. The minimum absolute atomic E-state index is 0.100. The van der Waals surface area contributed by atoms with Gasteiger partial charge in [-0.15, -0.1) is 0 Å². The van der Waals surface area contributed by atoms with Crippen molar-refractivity contribution in [1.29, 1.82) is 5.26 Å². The largest absolute Gasteiger partial charge is 0.341 e. The Morgan fingerprint density at radius 2 is 1.85 bits per heavy atom. The molecule has 1 atom stereocenters. The number of nitriles is 1. The quantitative estimate of drug-likeness (QED) is 0.729. The van der Waals surface area contributed by atoms with E-state index in [0.717, 1.165) is 26.2 Å². The number of carbonyl (C=O) groups excluding carboxylic acids is 1. The van der Waals surface area contributed by atoms with E-state index in [4.69, 9.17) is 5.26 Å². The average molecular weight is 280 g/mol. The minimum Gasteiger partial charge on any atom is -0.341 e. The van der Waals surface area contributed by atoms with E-state index in [0.29, 0.717) is 25.7 Å². The predicted molar refractivity (Wildman–Crippen MR) is 80.2 cm³/mol. The Bertz CT molecular complexity index is 342.